The van der Waals surface area contributed by atoms with E-state index in [-0.39, 0.29) is 0 Å². The van der Waals surface area contributed by atoms with Crippen LogP contribution in [0.15, 0.2) is 4.47 Å². The molecule has 1 fully saturated rings. The predicted octanol–water partition coefficient (Wildman–Crippen LogP) is 3.68. The molecular formula is C13H20BrN3. The van der Waals surface area contributed by atoms with Gasteiger partial charge in [0.05, 0.1) is 10.2 Å². The minimum atomic E-state index is 0.506. The van der Waals surface area contributed by atoms with Crippen LogP contribution in [0.4, 0.5) is 5.82 Å². The van der Waals surface area contributed by atoms with E-state index in [2.05, 4.69) is 39.7 Å². The second kappa shape index (κ2) is 5.34. The zero-order valence-electron chi connectivity index (χ0n) is 10.5. The van der Waals surface area contributed by atoms with Gasteiger partial charge in [-0.2, -0.15) is 0 Å². The Labute approximate surface area is 111 Å². The molecule has 0 atom stereocenters. The van der Waals surface area contributed by atoms with Gasteiger partial charge in [0.25, 0.3) is 0 Å². The molecule has 1 aliphatic rings. The molecule has 1 aromatic rings. The molecule has 2 N–H and O–H groups in total. The maximum absolute atomic E-state index is 5.93. The Kier molecular flexibility index (Phi) is 4.02. The number of nitrogens with zero attached hydrogens (tertiary/aromatic N) is 2. The molecule has 1 aliphatic carbocycles. The lowest BCUT2D eigenvalue weighted by molar-refractivity contribution is 0.339. The largest absolute Gasteiger partial charge is 0.383 e. The second-order valence-corrected chi connectivity index (χ2v) is 5.83. The number of hydrogen-bond acceptors (Lipinski definition) is 3. The topological polar surface area (TPSA) is 51.8 Å². The van der Waals surface area contributed by atoms with E-state index in [0.717, 1.165) is 28.3 Å². The van der Waals surface area contributed by atoms with Gasteiger partial charge in [-0.05, 0) is 41.1 Å². The average Bonchev–Trinajstić information content (AvgIpc) is 2.33. The van der Waals surface area contributed by atoms with Crippen LogP contribution in [0.5, 0.6) is 0 Å². The van der Waals surface area contributed by atoms with Gasteiger partial charge >= 0.3 is 0 Å². The van der Waals surface area contributed by atoms with E-state index in [1.807, 2.05) is 0 Å². The fraction of sp³-hybridized carbons (Fsp3) is 0.692. The van der Waals surface area contributed by atoms with E-state index < -0.39 is 0 Å². The molecule has 17 heavy (non-hydrogen) atoms. The van der Waals surface area contributed by atoms with E-state index >= 15 is 0 Å². The van der Waals surface area contributed by atoms with Gasteiger partial charge in [-0.3, -0.25) is 0 Å². The highest BCUT2D eigenvalue weighted by molar-refractivity contribution is 9.10. The number of aryl methyl sites for hydroxylation is 1. The van der Waals surface area contributed by atoms with Crippen molar-refractivity contribution < 1.29 is 0 Å². The van der Waals surface area contributed by atoms with Gasteiger partial charge in [0, 0.05) is 5.92 Å². The molecule has 0 spiro atoms. The summed E-state index contributed by atoms with van der Waals surface area (Å²) >= 11 is 3.46. The highest BCUT2D eigenvalue weighted by Gasteiger charge is 2.23. The van der Waals surface area contributed by atoms with Gasteiger partial charge in [-0.1, -0.05) is 26.7 Å². The molecule has 0 amide bonds. The summed E-state index contributed by atoms with van der Waals surface area (Å²) in [7, 11) is 0. The third-order valence-electron chi connectivity index (χ3n) is 3.68. The zero-order chi connectivity index (χ0) is 12.4. The van der Waals surface area contributed by atoms with Gasteiger partial charge in [-0.25, -0.2) is 9.97 Å². The van der Waals surface area contributed by atoms with E-state index in [1.54, 1.807) is 0 Å². The van der Waals surface area contributed by atoms with Crippen LogP contribution >= 0.6 is 15.9 Å². The van der Waals surface area contributed by atoms with Crippen molar-refractivity contribution in [3.8, 4) is 0 Å². The molecule has 0 radical (unpaired) electrons. The van der Waals surface area contributed by atoms with Gasteiger partial charge in [0.1, 0.15) is 11.6 Å². The summed E-state index contributed by atoms with van der Waals surface area (Å²) in [6.45, 7) is 4.42. The molecule has 1 heterocycles. The first kappa shape index (κ1) is 12.8. The van der Waals surface area contributed by atoms with Crippen LogP contribution in [0.2, 0.25) is 0 Å². The summed E-state index contributed by atoms with van der Waals surface area (Å²) in [5, 5.41) is 0. The van der Waals surface area contributed by atoms with Crippen LogP contribution in [0.3, 0.4) is 0 Å². The number of hydrogen-bond donors (Lipinski definition) is 1. The SMILES string of the molecule is CCc1nc(C2CCC(C)CC2)nc(N)c1Br. The molecule has 0 saturated heterocycles. The van der Waals surface area contributed by atoms with Crippen LogP contribution < -0.4 is 5.73 Å². The van der Waals surface area contributed by atoms with Crippen molar-refractivity contribution in [2.75, 3.05) is 5.73 Å². The molecule has 0 unspecified atom stereocenters. The van der Waals surface area contributed by atoms with Crippen molar-refractivity contribution in [1.82, 2.24) is 9.97 Å². The van der Waals surface area contributed by atoms with E-state index in [4.69, 9.17) is 5.73 Å². The number of rotatable bonds is 2. The predicted molar refractivity (Wildman–Crippen MR) is 73.9 cm³/mol. The second-order valence-electron chi connectivity index (χ2n) is 5.04. The summed E-state index contributed by atoms with van der Waals surface area (Å²) < 4.78 is 0.868. The third-order valence-corrected chi connectivity index (χ3v) is 4.54. The number of halogens is 1. The van der Waals surface area contributed by atoms with Crippen molar-refractivity contribution in [1.29, 1.82) is 0 Å². The van der Waals surface area contributed by atoms with Crippen molar-refractivity contribution in [3.63, 3.8) is 0 Å². The van der Waals surface area contributed by atoms with E-state index in [1.165, 1.54) is 25.7 Å². The summed E-state index contributed by atoms with van der Waals surface area (Å²) in [6.07, 6.45) is 5.86. The summed E-state index contributed by atoms with van der Waals surface area (Å²) in [5.41, 5.74) is 6.97. The van der Waals surface area contributed by atoms with Gasteiger partial charge in [0.2, 0.25) is 0 Å². The smallest absolute Gasteiger partial charge is 0.141 e. The molecule has 0 aromatic carbocycles. The van der Waals surface area contributed by atoms with Crippen LogP contribution in [0.1, 0.15) is 57.0 Å². The van der Waals surface area contributed by atoms with Crippen molar-refractivity contribution in [2.45, 2.75) is 51.9 Å². The molecule has 0 aliphatic heterocycles. The number of nitrogens with two attached hydrogens (primary N) is 1. The van der Waals surface area contributed by atoms with Gasteiger partial charge < -0.3 is 5.73 Å². The van der Waals surface area contributed by atoms with E-state index in [0.29, 0.717) is 11.7 Å². The zero-order valence-corrected chi connectivity index (χ0v) is 12.1. The number of nitrogen functional groups attached to an aromatic ring is 1. The van der Waals surface area contributed by atoms with Gasteiger partial charge in [0.15, 0.2) is 0 Å². The third kappa shape index (κ3) is 2.79. The quantitative estimate of drug-likeness (QED) is 0.906. The molecule has 0 bridgehead atoms. The number of aromatic nitrogens is 2. The Morgan fingerprint density at radius 1 is 1.24 bits per heavy atom. The summed E-state index contributed by atoms with van der Waals surface area (Å²) in [5.74, 6) is 2.90. The Bertz CT molecular complexity index is 398. The molecular weight excluding hydrogens is 278 g/mol. The van der Waals surface area contributed by atoms with Gasteiger partial charge in [-0.15, -0.1) is 0 Å². The lowest BCUT2D eigenvalue weighted by Crippen LogP contribution is -2.15. The van der Waals surface area contributed by atoms with E-state index in [9.17, 15) is 0 Å². The molecule has 94 valence electrons. The number of anilines is 1. The van der Waals surface area contributed by atoms with Crippen LogP contribution in [0.25, 0.3) is 0 Å². The molecule has 1 saturated carbocycles. The Balaban J connectivity index is 2.24. The first-order valence-corrected chi connectivity index (χ1v) is 7.22. The van der Waals surface area contributed by atoms with Crippen molar-refractivity contribution >= 4 is 21.7 Å². The fourth-order valence-corrected chi connectivity index (χ4v) is 2.93. The first-order chi connectivity index (χ1) is 8.11. The lowest BCUT2D eigenvalue weighted by atomic mass is 9.82. The Morgan fingerprint density at radius 2 is 1.88 bits per heavy atom. The average molecular weight is 298 g/mol. The maximum atomic E-state index is 5.93. The molecule has 2 rings (SSSR count). The van der Waals surface area contributed by atoms with Crippen molar-refractivity contribution in [2.24, 2.45) is 5.92 Å². The normalized spacial score (nSPS) is 24.9. The molecule has 3 nitrogen and oxygen atoms in total. The van der Waals surface area contributed by atoms with Crippen LogP contribution in [0, 0.1) is 5.92 Å². The lowest BCUT2D eigenvalue weighted by Gasteiger charge is -2.25. The monoisotopic (exact) mass is 297 g/mol. The molecule has 4 heteroatoms. The Hall–Kier alpha value is -0.640. The summed E-state index contributed by atoms with van der Waals surface area (Å²) in [6, 6.07) is 0. The molecule has 1 aromatic heterocycles. The first-order valence-electron chi connectivity index (χ1n) is 6.43. The van der Waals surface area contributed by atoms with Crippen LogP contribution in [-0.4, -0.2) is 9.97 Å². The highest BCUT2D eigenvalue weighted by Crippen LogP contribution is 2.35. The Morgan fingerprint density at radius 3 is 2.47 bits per heavy atom. The maximum Gasteiger partial charge on any atom is 0.141 e. The minimum Gasteiger partial charge on any atom is -0.383 e. The highest BCUT2D eigenvalue weighted by atomic mass is 79.9. The van der Waals surface area contributed by atoms with Crippen molar-refractivity contribution in [3.05, 3.63) is 16.0 Å². The fourth-order valence-electron chi connectivity index (χ4n) is 2.47. The van der Waals surface area contributed by atoms with Crippen LogP contribution in [-0.2, 0) is 6.42 Å². The standard InChI is InChI=1S/C13H20BrN3/c1-3-10-11(14)12(15)17-13(16-10)9-6-4-8(2)5-7-9/h8-9H,3-7H2,1-2H3,(H2,15,16,17). The summed E-state index contributed by atoms with van der Waals surface area (Å²) in [4.78, 5) is 9.11. The minimum absolute atomic E-state index is 0.506.